The first-order chi connectivity index (χ1) is 12.2. The van der Waals surface area contributed by atoms with Gasteiger partial charge in [-0.05, 0) is 63.4 Å². The maximum absolute atomic E-state index is 13.2. The molecule has 3 rings (SSSR count). The molecular formula is C20H24N2O3S. The fraction of sp³-hybridized carbons (Fsp3) is 0.350. The summed E-state index contributed by atoms with van der Waals surface area (Å²) in [5, 5.41) is 2.86. The quantitative estimate of drug-likeness (QED) is 0.898. The fourth-order valence-corrected chi connectivity index (χ4v) is 4.67. The lowest BCUT2D eigenvalue weighted by Gasteiger charge is -2.30. The van der Waals surface area contributed by atoms with Crippen molar-refractivity contribution < 1.29 is 13.2 Å². The van der Waals surface area contributed by atoms with Crippen LogP contribution in [0.25, 0.3) is 0 Å². The largest absolute Gasteiger partial charge is 0.347 e. The predicted molar refractivity (Wildman–Crippen MR) is 103 cm³/mol. The van der Waals surface area contributed by atoms with E-state index in [0.29, 0.717) is 12.1 Å². The summed E-state index contributed by atoms with van der Waals surface area (Å²) in [4.78, 5) is 12.5. The van der Waals surface area contributed by atoms with E-state index in [1.54, 1.807) is 18.2 Å². The van der Waals surface area contributed by atoms with Gasteiger partial charge in [-0.2, -0.15) is 0 Å². The molecule has 0 aliphatic carbocycles. The number of hydrogen-bond acceptors (Lipinski definition) is 3. The summed E-state index contributed by atoms with van der Waals surface area (Å²) < 4.78 is 27.9. The third-order valence-electron chi connectivity index (χ3n) is 4.24. The summed E-state index contributed by atoms with van der Waals surface area (Å²) in [6.07, 6.45) is 1.65. The Morgan fingerprint density at radius 3 is 2.54 bits per heavy atom. The van der Waals surface area contributed by atoms with Crippen molar-refractivity contribution in [2.24, 2.45) is 0 Å². The van der Waals surface area contributed by atoms with Gasteiger partial charge in [-0.25, -0.2) is 8.42 Å². The molecule has 1 heterocycles. The Bertz CT molecular complexity index is 930. The molecule has 1 aliphatic rings. The summed E-state index contributed by atoms with van der Waals surface area (Å²) in [7, 11) is -3.72. The molecule has 0 fully saturated rings. The Balaban J connectivity index is 1.97. The first kappa shape index (κ1) is 18.5. The number of anilines is 1. The topological polar surface area (TPSA) is 66.5 Å². The van der Waals surface area contributed by atoms with Crippen LogP contribution in [0.5, 0.6) is 0 Å². The van der Waals surface area contributed by atoms with Crippen LogP contribution in [0.4, 0.5) is 5.69 Å². The zero-order valence-corrected chi connectivity index (χ0v) is 16.1. The van der Waals surface area contributed by atoms with E-state index in [1.165, 1.54) is 10.4 Å². The van der Waals surface area contributed by atoms with Crippen LogP contribution in [0.2, 0.25) is 0 Å². The first-order valence-corrected chi connectivity index (χ1v) is 10.2. The molecule has 2 aromatic rings. The second-order valence-electron chi connectivity index (χ2n) is 7.54. The summed E-state index contributed by atoms with van der Waals surface area (Å²) in [5.41, 5.74) is 1.70. The van der Waals surface area contributed by atoms with Crippen LogP contribution in [0.3, 0.4) is 0 Å². The molecule has 0 saturated heterocycles. The van der Waals surface area contributed by atoms with Gasteiger partial charge in [0.1, 0.15) is 0 Å². The van der Waals surface area contributed by atoms with E-state index in [4.69, 9.17) is 0 Å². The van der Waals surface area contributed by atoms with Crippen molar-refractivity contribution in [2.75, 3.05) is 10.8 Å². The van der Waals surface area contributed by atoms with Gasteiger partial charge in [0, 0.05) is 17.6 Å². The van der Waals surface area contributed by atoms with Crippen LogP contribution in [0.15, 0.2) is 53.4 Å². The minimum absolute atomic E-state index is 0.135. The van der Waals surface area contributed by atoms with Crippen LogP contribution in [-0.2, 0) is 16.4 Å². The maximum atomic E-state index is 13.2. The van der Waals surface area contributed by atoms with E-state index in [0.717, 1.165) is 24.1 Å². The summed E-state index contributed by atoms with van der Waals surface area (Å²) >= 11 is 0. The molecule has 1 N–H and O–H groups in total. The van der Waals surface area contributed by atoms with Gasteiger partial charge in [-0.3, -0.25) is 9.10 Å². The Morgan fingerprint density at radius 2 is 1.81 bits per heavy atom. The Kier molecular flexibility index (Phi) is 4.80. The van der Waals surface area contributed by atoms with Crippen LogP contribution in [0.1, 0.15) is 43.1 Å². The van der Waals surface area contributed by atoms with Crippen LogP contribution in [0, 0.1) is 0 Å². The lowest BCUT2D eigenvalue weighted by molar-refractivity contribution is 0.0919. The number of benzene rings is 2. The molecule has 1 aliphatic heterocycles. The van der Waals surface area contributed by atoms with Crippen LogP contribution < -0.4 is 9.62 Å². The van der Waals surface area contributed by atoms with E-state index in [2.05, 4.69) is 5.32 Å². The van der Waals surface area contributed by atoms with Gasteiger partial charge in [0.25, 0.3) is 15.9 Å². The normalized spacial score (nSPS) is 14.7. The number of rotatable bonds is 3. The monoisotopic (exact) mass is 372 g/mol. The Labute approximate surface area is 155 Å². The van der Waals surface area contributed by atoms with Gasteiger partial charge in [-0.15, -0.1) is 0 Å². The average molecular weight is 372 g/mol. The Morgan fingerprint density at radius 1 is 1.08 bits per heavy atom. The average Bonchev–Trinajstić information content (AvgIpc) is 2.60. The third kappa shape index (κ3) is 3.75. The number of hydrogen-bond donors (Lipinski definition) is 1. The first-order valence-electron chi connectivity index (χ1n) is 8.72. The molecule has 1 amide bonds. The third-order valence-corrected chi connectivity index (χ3v) is 6.05. The maximum Gasteiger partial charge on any atom is 0.264 e. The van der Waals surface area contributed by atoms with Crippen LogP contribution >= 0.6 is 0 Å². The summed E-state index contributed by atoms with van der Waals surface area (Å²) in [6, 6.07) is 13.8. The smallest absolute Gasteiger partial charge is 0.264 e. The molecule has 138 valence electrons. The number of para-hydroxylation sites is 1. The van der Waals surface area contributed by atoms with Crippen molar-refractivity contribution in [3.8, 4) is 0 Å². The summed E-state index contributed by atoms with van der Waals surface area (Å²) in [5.74, 6) is -0.284. The van der Waals surface area contributed by atoms with E-state index in [-0.39, 0.29) is 10.8 Å². The minimum atomic E-state index is -3.72. The van der Waals surface area contributed by atoms with Gasteiger partial charge in [0.2, 0.25) is 0 Å². The number of nitrogens with one attached hydrogen (secondary N) is 1. The molecule has 0 atom stereocenters. The highest BCUT2D eigenvalue weighted by molar-refractivity contribution is 7.92. The molecule has 0 aromatic heterocycles. The summed E-state index contributed by atoms with van der Waals surface area (Å²) in [6.45, 7) is 6.10. The number of amides is 1. The highest BCUT2D eigenvalue weighted by atomic mass is 32.2. The molecular weight excluding hydrogens is 348 g/mol. The van der Waals surface area contributed by atoms with Crippen LogP contribution in [-0.4, -0.2) is 26.4 Å². The molecule has 5 nitrogen and oxygen atoms in total. The number of aryl methyl sites for hydroxylation is 1. The van der Waals surface area contributed by atoms with Crippen molar-refractivity contribution in [1.29, 1.82) is 0 Å². The van der Waals surface area contributed by atoms with E-state index in [9.17, 15) is 13.2 Å². The minimum Gasteiger partial charge on any atom is -0.347 e. The van der Waals surface area contributed by atoms with E-state index >= 15 is 0 Å². The number of carbonyl (C=O) groups excluding carboxylic acids is 1. The molecule has 0 radical (unpaired) electrons. The molecule has 0 unspecified atom stereocenters. The van der Waals surface area contributed by atoms with Crippen molar-refractivity contribution >= 4 is 21.6 Å². The number of fused-ring (bicyclic) bond motifs is 1. The highest BCUT2D eigenvalue weighted by Crippen LogP contribution is 2.31. The molecule has 0 saturated carbocycles. The lowest BCUT2D eigenvalue weighted by atomic mass is 10.0. The molecule has 6 heteroatoms. The van der Waals surface area contributed by atoms with E-state index < -0.39 is 15.6 Å². The van der Waals surface area contributed by atoms with Gasteiger partial charge >= 0.3 is 0 Å². The lowest BCUT2D eigenvalue weighted by Crippen LogP contribution is -2.40. The van der Waals surface area contributed by atoms with Gasteiger partial charge < -0.3 is 5.32 Å². The SMILES string of the molecule is CC(C)(C)NC(=O)c1cccc(S(=O)(=O)N2CCCc3ccccc32)c1. The van der Waals surface area contributed by atoms with Crippen molar-refractivity contribution in [1.82, 2.24) is 5.32 Å². The fourth-order valence-electron chi connectivity index (χ4n) is 3.09. The Hall–Kier alpha value is -2.34. The highest BCUT2D eigenvalue weighted by Gasteiger charge is 2.29. The van der Waals surface area contributed by atoms with Crippen molar-refractivity contribution in [2.45, 2.75) is 44.0 Å². The van der Waals surface area contributed by atoms with Gasteiger partial charge in [0.15, 0.2) is 0 Å². The second-order valence-corrected chi connectivity index (χ2v) is 9.40. The molecule has 0 spiro atoms. The number of sulfonamides is 1. The number of carbonyl (C=O) groups is 1. The second kappa shape index (κ2) is 6.76. The molecule has 2 aromatic carbocycles. The zero-order valence-electron chi connectivity index (χ0n) is 15.3. The molecule has 0 bridgehead atoms. The zero-order chi connectivity index (χ0) is 18.9. The predicted octanol–water partition coefficient (Wildman–Crippen LogP) is 3.36. The van der Waals surface area contributed by atoms with E-state index in [1.807, 2.05) is 45.0 Å². The van der Waals surface area contributed by atoms with Crippen molar-refractivity contribution in [3.63, 3.8) is 0 Å². The number of nitrogens with zero attached hydrogens (tertiary/aromatic N) is 1. The van der Waals surface area contributed by atoms with Gasteiger partial charge in [-0.1, -0.05) is 24.3 Å². The standard InChI is InChI=1S/C20H24N2O3S/c1-20(2,3)21-19(23)16-9-6-11-17(14-16)26(24,25)22-13-7-10-15-8-4-5-12-18(15)22/h4-6,8-9,11-12,14H,7,10,13H2,1-3H3,(H,21,23). The van der Waals surface area contributed by atoms with Gasteiger partial charge in [0.05, 0.1) is 10.6 Å². The molecule has 26 heavy (non-hydrogen) atoms. The van der Waals surface area contributed by atoms with Crippen molar-refractivity contribution in [3.05, 3.63) is 59.7 Å².